The van der Waals surface area contributed by atoms with Gasteiger partial charge in [-0.2, -0.15) is 16.1 Å². The lowest BCUT2D eigenvalue weighted by Gasteiger charge is -2.33. The topological polar surface area (TPSA) is 149 Å². The second kappa shape index (κ2) is 16.3. The first kappa shape index (κ1) is 34.4. The molecule has 1 atom stereocenters. The molecule has 7 N–H and O–H groups in total. The van der Waals surface area contributed by atoms with Crippen molar-refractivity contribution >= 4 is 39.2 Å². The molecule has 250 valence electrons. The molecule has 2 aromatic rings. The van der Waals surface area contributed by atoms with Crippen LogP contribution in [-0.2, 0) is 16.6 Å². The maximum Gasteiger partial charge on any atom is 0.327 e. The monoisotopic (exact) mass is 668 g/mol. The van der Waals surface area contributed by atoms with Crippen LogP contribution < -0.4 is 32.3 Å². The number of nitrogens with zero attached hydrogens (tertiary/aromatic N) is 3. The lowest BCUT2D eigenvalue weighted by molar-refractivity contribution is 0.244. The molecule has 46 heavy (non-hydrogen) atoms. The summed E-state index contributed by atoms with van der Waals surface area (Å²) in [5, 5.41) is 9.75. The van der Waals surface area contributed by atoms with Crippen molar-refractivity contribution in [3.05, 3.63) is 77.5 Å². The Labute approximate surface area is 277 Å². The second-order valence-corrected chi connectivity index (χ2v) is 14.8. The van der Waals surface area contributed by atoms with Crippen LogP contribution >= 0.6 is 11.8 Å². The summed E-state index contributed by atoms with van der Waals surface area (Å²) in [6.07, 6.45) is 9.00. The van der Waals surface area contributed by atoms with E-state index in [9.17, 15) is 13.2 Å². The van der Waals surface area contributed by atoms with Gasteiger partial charge in [0.05, 0.1) is 10.6 Å². The molecule has 3 heterocycles. The molecule has 1 unspecified atom stereocenters. The standard InChI is InChI=1S/C33H48N8O3S2/c1-45-21-20-41(29-12-16-36-17-13-29)46(43,44)30-10-6-26(7-11-30)31-22-27-24-40(33(42)38-32(27)37-31)28-8-4-25(5-9-28)23-39(18-2-14-34)19-3-15-35/h4-11,22,24,29,32,36-37H,2-3,12-21,23,34-35H2,1H3,(H,38,42). The van der Waals surface area contributed by atoms with Gasteiger partial charge in [-0.3, -0.25) is 9.80 Å². The Morgan fingerprint density at radius 1 is 0.935 bits per heavy atom. The number of piperidine rings is 1. The van der Waals surface area contributed by atoms with Crippen LogP contribution in [0.25, 0.3) is 5.70 Å². The van der Waals surface area contributed by atoms with E-state index in [0.29, 0.717) is 24.5 Å². The van der Waals surface area contributed by atoms with Gasteiger partial charge in [0, 0.05) is 42.4 Å². The molecule has 5 rings (SSSR count). The number of hydrogen-bond donors (Lipinski definition) is 5. The minimum absolute atomic E-state index is 0.00691. The molecule has 11 nitrogen and oxygen atoms in total. The number of urea groups is 1. The van der Waals surface area contributed by atoms with Crippen molar-refractivity contribution in [1.82, 2.24) is 25.2 Å². The van der Waals surface area contributed by atoms with Gasteiger partial charge < -0.3 is 27.4 Å². The van der Waals surface area contributed by atoms with Gasteiger partial charge in [0.2, 0.25) is 10.0 Å². The average molecular weight is 669 g/mol. The Morgan fingerprint density at radius 2 is 1.61 bits per heavy atom. The molecule has 0 radical (unpaired) electrons. The summed E-state index contributed by atoms with van der Waals surface area (Å²) in [6, 6.07) is 14.9. The number of benzene rings is 2. The van der Waals surface area contributed by atoms with Crippen molar-refractivity contribution in [2.75, 3.05) is 62.7 Å². The van der Waals surface area contributed by atoms with Crippen molar-refractivity contribution in [2.24, 2.45) is 11.5 Å². The van der Waals surface area contributed by atoms with E-state index in [-0.39, 0.29) is 18.2 Å². The molecule has 1 saturated heterocycles. The van der Waals surface area contributed by atoms with Crippen LogP contribution in [0.4, 0.5) is 10.5 Å². The summed E-state index contributed by atoms with van der Waals surface area (Å²) in [5.74, 6) is 0.754. The molecule has 0 spiro atoms. The third-order valence-electron chi connectivity index (χ3n) is 8.69. The largest absolute Gasteiger partial charge is 0.361 e. The molecular formula is C33H48N8O3S2. The molecule has 2 amide bonds. The molecule has 0 aliphatic carbocycles. The Morgan fingerprint density at radius 3 is 2.24 bits per heavy atom. The molecular weight excluding hydrogens is 621 g/mol. The fourth-order valence-electron chi connectivity index (χ4n) is 6.16. The van der Waals surface area contributed by atoms with Crippen molar-refractivity contribution in [3.63, 3.8) is 0 Å². The number of anilines is 1. The fraction of sp³-hybridized carbons (Fsp3) is 0.485. The molecule has 3 aliphatic rings. The Bertz CT molecular complexity index is 1470. The molecule has 0 aromatic heterocycles. The second-order valence-electron chi connectivity index (χ2n) is 11.9. The van der Waals surface area contributed by atoms with E-state index in [1.54, 1.807) is 33.1 Å². The zero-order valence-corrected chi connectivity index (χ0v) is 28.3. The maximum absolute atomic E-state index is 13.7. The highest BCUT2D eigenvalue weighted by molar-refractivity contribution is 7.98. The number of hydrogen-bond acceptors (Lipinski definition) is 9. The summed E-state index contributed by atoms with van der Waals surface area (Å²) in [4.78, 5) is 17.4. The highest BCUT2D eigenvalue weighted by atomic mass is 32.2. The van der Waals surface area contributed by atoms with Crippen LogP contribution in [0.15, 0.2) is 71.3 Å². The van der Waals surface area contributed by atoms with Crippen LogP contribution in [0.1, 0.15) is 36.8 Å². The van der Waals surface area contributed by atoms with Crippen LogP contribution in [0, 0.1) is 0 Å². The van der Waals surface area contributed by atoms with E-state index < -0.39 is 10.0 Å². The van der Waals surface area contributed by atoms with Gasteiger partial charge in [0.1, 0.15) is 6.17 Å². The van der Waals surface area contributed by atoms with E-state index in [2.05, 4.69) is 33.0 Å². The average Bonchev–Trinajstić information content (AvgIpc) is 3.49. The summed E-state index contributed by atoms with van der Waals surface area (Å²) in [6.45, 7) is 6.13. The number of carbonyl (C=O) groups is 1. The molecule has 2 aromatic carbocycles. The van der Waals surface area contributed by atoms with Crippen LogP contribution in [0.3, 0.4) is 0 Å². The number of sulfonamides is 1. The third-order valence-corrected chi connectivity index (χ3v) is 11.2. The van der Waals surface area contributed by atoms with E-state index in [0.717, 1.165) is 86.7 Å². The summed E-state index contributed by atoms with van der Waals surface area (Å²) >= 11 is 1.66. The first-order valence-electron chi connectivity index (χ1n) is 16.2. The lowest BCUT2D eigenvalue weighted by atomic mass is 10.1. The van der Waals surface area contributed by atoms with Gasteiger partial charge in [0.25, 0.3) is 0 Å². The van der Waals surface area contributed by atoms with E-state index in [1.807, 2.05) is 42.8 Å². The number of carbonyl (C=O) groups excluding carboxylic acids is 1. The zero-order valence-electron chi connectivity index (χ0n) is 26.7. The van der Waals surface area contributed by atoms with Gasteiger partial charge in [-0.15, -0.1) is 0 Å². The van der Waals surface area contributed by atoms with E-state index >= 15 is 0 Å². The molecule has 1 fully saturated rings. The maximum atomic E-state index is 13.7. The molecule has 3 aliphatic heterocycles. The minimum atomic E-state index is -3.63. The predicted octanol–water partition coefficient (Wildman–Crippen LogP) is 2.68. The van der Waals surface area contributed by atoms with Gasteiger partial charge in [-0.1, -0.05) is 24.3 Å². The van der Waals surface area contributed by atoms with E-state index in [1.165, 1.54) is 5.56 Å². The van der Waals surface area contributed by atoms with Gasteiger partial charge in [-0.05, 0) is 113 Å². The van der Waals surface area contributed by atoms with Crippen LogP contribution in [0.5, 0.6) is 0 Å². The smallest absolute Gasteiger partial charge is 0.327 e. The van der Waals surface area contributed by atoms with Crippen molar-refractivity contribution in [2.45, 2.75) is 49.3 Å². The Hall–Kier alpha value is -2.91. The highest BCUT2D eigenvalue weighted by Crippen LogP contribution is 2.30. The number of nitrogens with two attached hydrogens (primary N) is 2. The molecule has 13 heteroatoms. The normalized spacial score (nSPS) is 18.8. The first-order chi connectivity index (χ1) is 22.3. The lowest BCUT2D eigenvalue weighted by Crippen LogP contribution is -2.51. The van der Waals surface area contributed by atoms with Crippen LogP contribution in [0.2, 0.25) is 0 Å². The third kappa shape index (κ3) is 8.32. The zero-order chi connectivity index (χ0) is 32.5. The number of amides is 2. The number of nitrogens with one attached hydrogen (secondary N) is 3. The van der Waals surface area contributed by atoms with Crippen molar-refractivity contribution in [3.8, 4) is 0 Å². The van der Waals surface area contributed by atoms with Gasteiger partial charge >= 0.3 is 6.03 Å². The first-order valence-corrected chi connectivity index (χ1v) is 19.0. The molecule has 0 saturated carbocycles. The predicted molar refractivity (Wildman–Crippen MR) is 188 cm³/mol. The van der Waals surface area contributed by atoms with Crippen molar-refractivity contribution < 1.29 is 13.2 Å². The SMILES string of the molecule is CSCCN(C1CCNCC1)S(=O)(=O)c1ccc(C2=CC3=CN(c4ccc(CN(CCCN)CCCN)cc4)C(=O)NC3N2)cc1. The van der Waals surface area contributed by atoms with Crippen molar-refractivity contribution in [1.29, 1.82) is 0 Å². The Balaban J connectivity index is 1.28. The minimum Gasteiger partial charge on any atom is -0.361 e. The summed E-state index contributed by atoms with van der Waals surface area (Å²) < 4.78 is 29.2. The summed E-state index contributed by atoms with van der Waals surface area (Å²) in [5.41, 5.74) is 16.0. The van der Waals surface area contributed by atoms with Gasteiger partial charge in [-0.25, -0.2) is 13.2 Å². The summed E-state index contributed by atoms with van der Waals surface area (Å²) in [7, 11) is -3.63. The quantitative estimate of drug-likeness (QED) is 0.182. The fourth-order valence-corrected chi connectivity index (χ4v) is 8.34. The number of fused-ring (bicyclic) bond motifs is 1. The van der Waals surface area contributed by atoms with Gasteiger partial charge in [0.15, 0.2) is 0 Å². The van der Waals surface area contributed by atoms with Crippen LogP contribution in [-0.4, -0.2) is 93.7 Å². The molecule has 0 bridgehead atoms. The number of rotatable bonds is 16. The van der Waals surface area contributed by atoms with E-state index in [4.69, 9.17) is 11.5 Å². The highest BCUT2D eigenvalue weighted by Gasteiger charge is 2.33. The number of thioether (sulfide) groups is 1. The Kier molecular flexibility index (Phi) is 12.2.